The number of anilines is 3. The van der Waals surface area contributed by atoms with Gasteiger partial charge in [0.05, 0.1) is 0 Å². The van der Waals surface area contributed by atoms with Crippen molar-refractivity contribution in [3.05, 3.63) is 175 Å². The molecule has 0 atom stereocenters. The van der Waals surface area contributed by atoms with Crippen molar-refractivity contribution in [2.75, 3.05) is 4.90 Å². The maximum Gasteiger partial charge on any atom is 0.0467 e. The van der Waals surface area contributed by atoms with Crippen LogP contribution in [-0.4, -0.2) is 0 Å². The summed E-state index contributed by atoms with van der Waals surface area (Å²) >= 11 is 0. The molecular weight excluding hydrogens is 470 g/mol. The van der Waals surface area contributed by atoms with Crippen molar-refractivity contribution in [3.63, 3.8) is 0 Å². The average Bonchev–Trinajstić information content (AvgIpc) is 3.03. The van der Waals surface area contributed by atoms with Crippen LogP contribution >= 0.6 is 0 Å². The third kappa shape index (κ3) is 5.74. The minimum absolute atomic E-state index is 1.12. The predicted octanol–water partition coefficient (Wildman–Crippen LogP) is 10.7. The molecule has 0 saturated carbocycles. The summed E-state index contributed by atoms with van der Waals surface area (Å²) in [6.45, 7) is 0. The Morgan fingerprint density at radius 2 is 0.744 bits per heavy atom. The van der Waals surface area contributed by atoms with E-state index in [0.717, 1.165) is 17.1 Å². The Bertz CT molecular complexity index is 1650. The maximum absolute atomic E-state index is 2.33. The highest BCUT2D eigenvalue weighted by molar-refractivity contribution is 5.82. The van der Waals surface area contributed by atoms with E-state index in [9.17, 15) is 0 Å². The first-order valence-corrected chi connectivity index (χ1v) is 13.3. The summed E-state index contributed by atoms with van der Waals surface area (Å²) in [6, 6.07) is 57.8. The van der Waals surface area contributed by atoms with Crippen LogP contribution in [0, 0.1) is 0 Å². The van der Waals surface area contributed by atoms with Crippen molar-refractivity contribution in [1.82, 2.24) is 0 Å². The highest BCUT2D eigenvalue weighted by atomic mass is 15.1. The summed E-state index contributed by atoms with van der Waals surface area (Å²) in [7, 11) is 0. The molecule has 0 aliphatic carbocycles. The average molecular weight is 500 g/mol. The SMILES string of the molecule is C(=C\c1ccc(N(c2ccc(-c3ccccc3)cc2)c2cccc(-c3ccccc3)c2)cc1)/c1ccccc1. The van der Waals surface area contributed by atoms with E-state index in [1.165, 1.54) is 33.4 Å². The molecule has 0 aliphatic rings. The zero-order valence-corrected chi connectivity index (χ0v) is 21.7. The van der Waals surface area contributed by atoms with Crippen molar-refractivity contribution in [1.29, 1.82) is 0 Å². The number of benzene rings is 6. The third-order valence-corrected chi connectivity index (χ3v) is 6.86. The minimum Gasteiger partial charge on any atom is -0.310 e. The highest BCUT2D eigenvalue weighted by Crippen LogP contribution is 2.37. The zero-order chi connectivity index (χ0) is 26.3. The van der Waals surface area contributed by atoms with E-state index in [2.05, 4.69) is 175 Å². The maximum atomic E-state index is 2.33. The molecule has 186 valence electrons. The molecule has 0 heterocycles. The second kappa shape index (κ2) is 11.5. The topological polar surface area (TPSA) is 3.24 Å². The Kier molecular flexibility index (Phi) is 7.14. The monoisotopic (exact) mass is 499 g/mol. The van der Waals surface area contributed by atoms with Crippen molar-refractivity contribution in [2.45, 2.75) is 0 Å². The molecule has 0 spiro atoms. The Morgan fingerprint density at radius 3 is 1.33 bits per heavy atom. The molecule has 1 nitrogen and oxygen atoms in total. The van der Waals surface area contributed by atoms with Gasteiger partial charge in [0.1, 0.15) is 0 Å². The third-order valence-electron chi connectivity index (χ3n) is 6.86. The highest BCUT2D eigenvalue weighted by Gasteiger charge is 2.14. The lowest BCUT2D eigenvalue weighted by molar-refractivity contribution is 1.28. The Balaban J connectivity index is 1.37. The first-order chi connectivity index (χ1) is 19.3. The first-order valence-electron chi connectivity index (χ1n) is 13.3. The Hall–Kier alpha value is -5.14. The largest absolute Gasteiger partial charge is 0.310 e. The molecule has 0 bridgehead atoms. The summed E-state index contributed by atoms with van der Waals surface area (Å²) in [6.07, 6.45) is 4.31. The van der Waals surface area contributed by atoms with Crippen LogP contribution in [0.4, 0.5) is 17.1 Å². The molecule has 0 aromatic heterocycles. The van der Waals surface area contributed by atoms with Gasteiger partial charge in [0.15, 0.2) is 0 Å². The molecule has 0 fully saturated rings. The Morgan fingerprint density at radius 1 is 0.308 bits per heavy atom. The fraction of sp³-hybridized carbons (Fsp3) is 0. The van der Waals surface area contributed by atoms with E-state index in [0.29, 0.717) is 0 Å². The lowest BCUT2D eigenvalue weighted by Gasteiger charge is -2.26. The molecule has 0 radical (unpaired) electrons. The number of hydrogen-bond donors (Lipinski definition) is 0. The lowest BCUT2D eigenvalue weighted by Crippen LogP contribution is -2.10. The van der Waals surface area contributed by atoms with Gasteiger partial charge < -0.3 is 4.90 Å². The molecular formula is C38H29N. The molecule has 0 saturated heterocycles. The Labute approximate surface area is 231 Å². The molecule has 0 aliphatic heterocycles. The van der Waals surface area contributed by atoms with Crippen LogP contribution < -0.4 is 4.90 Å². The summed E-state index contributed by atoms with van der Waals surface area (Å²) in [5.74, 6) is 0. The number of rotatable bonds is 7. The van der Waals surface area contributed by atoms with Crippen LogP contribution in [0.2, 0.25) is 0 Å². The molecule has 0 amide bonds. The van der Waals surface area contributed by atoms with E-state index in [4.69, 9.17) is 0 Å². The van der Waals surface area contributed by atoms with Gasteiger partial charge in [-0.25, -0.2) is 0 Å². The van der Waals surface area contributed by atoms with Gasteiger partial charge in [0.25, 0.3) is 0 Å². The van der Waals surface area contributed by atoms with Gasteiger partial charge in [0.2, 0.25) is 0 Å². The van der Waals surface area contributed by atoms with Gasteiger partial charge in [-0.1, -0.05) is 140 Å². The van der Waals surface area contributed by atoms with Gasteiger partial charge in [0, 0.05) is 17.1 Å². The van der Waals surface area contributed by atoms with Gasteiger partial charge in [-0.3, -0.25) is 0 Å². The fourth-order valence-corrected chi connectivity index (χ4v) is 4.83. The number of nitrogens with zero attached hydrogens (tertiary/aromatic N) is 1. The molecule has 6 aromatic carbocycles. The molecule has 1 heteroatoms. The van der Waals surface area contributed by atoms with E-state index >= 15 is 0 Å². The van der Waals surface area contributed by atoms with Crippen LogP contribution in [0.25, 0.3) is 34.4 Å². The molecule has 0 unspecified atom stereocenters. The van der Waals surface area contributed by atoms with Crippen LogP contribution in [0.15, 0.2) is 164 Å². The van der Waals surface area contributed by atoms with E-state index in [-0.39, 0.29) is 0 Å². The second-order valence-electron chi connectivity index (χ2n) is 9.50. The van der Waals surface area contributed by atoms with Crippen molar-refractivity contribution in [3.8, 4) is 22.3 Å². The van der Waals surface area contributed by atoms with E-state index < -0.39 is 0 Å². The smallest absolute Gasteiger partial charge is 0.0467 e. The molecule has 6 aromatic rings. The van der Waals surface area contributed by atoms with E-state index in [1.807, 2.05) is 6.07 Å². The predicted molar refractivity (Wildman–Crippen MR) is 167 cm³/mol. The first kappa shape index (κ1) is 24.2. The normalized spacial score (nSPS) is 11.0. The van der Waals surface area contributed by atoms with Gasteiger partial charge in [-0.15, -0.1) is 0 Å². The summed E-state index contributed by atoms with van der Waals surface area (Å²) in [5.41, 5.74) is 10.5. The van der Waals surface area contributed by atoms with Gasteiger partial charge in [-0.2, -0.15) is 0 Å². The zero-order valence-electron chi connectivity index (χ0n) is 21.7. The second-order valence-corrected chi connectivity index (χ2v) is 9.50. The van der Waals surface area contributed by atoms with Crippen LogP contribution in [-0.2, 0) is 0 Å². The van der Waals surface area contributed by atoms with Gasteiger partial charge in [-0.05, 0) is 69.8 Å². The summed E-state index contributed by atoms with van der Waals surface area (Å²) in [5, 5.41) is 0. The van der Waals surface area contributed by atoms with Crippen LogP contribution in [0.1, 0.15) is 11.1 Å². The number of hydrogen-bond acceptors (Lipinski definition) is 1. The fourth-order valence-electron chi connectivity index (χ4n) is 4.83. The standard InChI is InChI=1S/C38H29N/c1-4-11-30(12-5-1)19-20-31-21-25-36(26-22-31)39(37-27-23-34(24-28-37)32-13-6-2-7-14-32)38-18-10-17-35(29-38)33-15-8-3-9-16-33/h1-29H/b20-19+. The van der Waals surface area contributed by atoms with Crippen molar-refractivity contribution < 1.29 is 0 Å². The summed E-state index contributed by atoms with van der Waals surface area (Å²) < 4.78 is 0. The van der Waals surface area contributed by atoms with Crippen molar-refractivity contribution >= 4 is 29.2 Å². The minimum atomic E-state index is 1.12. The van der Waals surface area contributed by atoms with Crippen LogP contribution in [0.3, 0.4) is 0 Å². The molecule has 6 rings (SSSR count). The molecule has 39 heavy (non-hydrogen) atoms. The summed E-state index contributed by atoms with van der Waals surface area (Å²) in [4.78, 5) is 2.33. The molecule has 0 N–H and O–H groups in total. The van der Waals surface area contributed by atoms with Crippen molar-refractivity contribution in [2.24, 2.45) is 0 Å². The van der Waals surface area contributed by atoms with E-state index in [1.54, 1.807) is 0 Å². The van der Waals surface area contributed by atoms with Crippen LogP contribution in [0.5, 0.6) is 0 Å². The quantitative estimate of drug-likeness (QED) is 0.197. The lowest BCUT2D eigenvalue weighted by atomic mass is 10.0. The van der Waals surface area contributed by atoms with Gasteiger partial charge >= 0.3 is 0 Å².